The summed E-state index contributed by atoms with van der Waals surface area (Å²) in [5, 5.41) is 5.02. The number of thiophene rings is 1. The van der Waals surface area contributed by atoms with Crippen LogP contribution in [0.1, 0.15) is 34.5 Å². The van der Waals surface area contributed by atoms with Gasteiger partial charge in [-0.3, -0.25) is 4.99 Å². The molecule has 0 atom stereocenters. The van der Waals surface area contributed by atoms with Crippen molar-refractivity contribution in [3.05, 3.63) is 27.8 Å². The Morgan fingerprint density at radius 1 is 1.24 bits per heavy atom. The van der Waals surface area contributed by atoms with Gasteiger partial charge in [-0.15, -0.1) is 11.3 Å². The van der Waals surface area contributed by atoms with Crippen molar-refractivity contribution in [1.82, 2.24) is 10.3 Å². The number of pyridine rings is 1. The quantitative estimate of drug-likeness (QED) is 0.872. The molecule has 0 spiro atoms. The van der Waals surface area contributed by atoms with E-state index in [9.17, 15) is 0 Å². The number of aromatic nitrogens is 1. The Morgan fingerprint density at radius 2 is 2.05 bits per heavy atom. The lowest BCUT2D eigenvalue weighted by Crippen LogP contribution is -2.36. The van der Waals surface area contributed by atoms with Gasteiger partial charge in [-0.1, -0.05) is 0 Å². The van der Waals surface area contributed by atoms with Crippen LogP contribution < -0.4 is 5.32 Å². The lowest BCUT2D eigenvalue weighted by molar-refractivity contribution is 0.567. The van der Waals surface area contributed by atoms with Crippen molar-refractivity contribution in [1.29, 1.82) is 0 Å². The Labute approximate surface area is 133 Å². The third kappa shape index (κ3) is 2.36. The summed E-state index contributed by atoms with van der Waals surface area (Å²) in [6.45, 7) is 5.07. The summed E-state index contributed by atoms with van der Waals surface area (Å²) in [5.74, 6) is 3.65. The summed E-state index contributed by atoms with van der Waals surface area (Å²) in [7, 11) is 0. The SMILES string of the molecule is Cc1cc(C)c2c3c(sc2n1)C(NC1CCSCC1)=NC3. The second kappa shape index (κ2) is 5.29. The minimum atomic E-state index is 0.594. The molecule has 0 aliphatic carbocycles. The number of hydrogen-bond donors (Lipinski definition) is 1. The number of rotatable bonds is 1. The molecule has 1 saturated heterocycles. The highest BCUT2D eigenvalue weighted by atomic mass is 32.2. The summed E-state index contributed by atoms with van der Waals surface area (Å²) in [6.07, 6.45) is 2.50. The maximum Gasteiger partial charge on any atom is 0.139 e. The van der Waals surface area contributed by atoms with Gasteiger partial charge in [0.15, 0.2) is 0 Å². The molecule has 1 N–H and O–H groups in total. The van der Waals surface area contributed by atoms with Gasteiger partial charge in [-0.25, -0.2) is 4.98 Å². The molecule has 4 rings (SSSR count). The molecule has 3 nitrogen and oxygen atoms in total. The molecule has 1 fully saturated rings. The van der Waals surface area contributed by atoms with Crippen LogP contribution in [0.4, 0.5) is 0 Å². The molecule has 0 amide bonds. The van der Waals surface area contributed by atoms with Crippen molar-refractivity contribution >= 4 is 39.2 Å². The molecule has 2 aliphatic rings. The second-order valence-corrected chi connectivity index (χ2v) is 8.09. The Hall–Kier alpha value is -1.07. The zero-order chi connectivity index (χ0) is 14.4. The van der Waals surface area contributed by atoms with Crippen LogP contribution in [0.3, 0.4) is 0 Å². The summed E-state index contributed by atoms with van der Waals surface area (Å²) in [6, 6.07) is 2.77. The Kier molecular flexibility index (Phi) is 3.42. The molecule has 0 bridgehead atoms. The lowest BCUT2D eigenvalue weighted by Gasteiger charge is -2.23. The number of aliphatic imine (C=N–C) groups is 1. The van der Waals surface area contributed by atoms with E-state index >= 15 is 0 Å². The number of nitrogens with zero attached hydrogens (tertiary/aromatic N) is 2. The van der Waals surface area contributed by atoms with E-state index < -0.39 is 0 Å². The highest BCUT2D eigenvalue weighted by Crippen LogP contribution is 2.36. The predicted octanol–water partition coefficient (Wildman–Crippen LogP) is 3.66. The third-order valence-electron chi connectivity index (χ3n) is 4.26. The zero-order valence-corrected chi connectivity index (χ0v) is 14.0. The first-order chi connectivity index (χ1) is 10.2. The van der Waals surface area contributed by atoms with Gasteiger partial charge in [0.05, 0.1) is 11.4 Å². The molecule has 21 heavy (non-hydrogen) atoms. The monoisotopic (exact) mass is 317 g/mol. The molecular formula is C16H19N3S2. The summed E-state index contributed by atoms with van der Waals surface area (Å²) in [4.78, 5) is 12.0. The fourth-order valence-electron chi connectivity index (χ4n) is 3.23. The number of amidine groups is 1. The number of nitrogens with one attached hydrogen (secondary N) is 1. The van der Waals surface area contributed by atoms with Crippen LogP contribution in [0.15, 0.2) is 11.1 Å². The van der Waals surface area contributed by atoms with E-state index in [2.05, 4.69) is 37.0 Å². The van der Waals surface area contributed by atoms with Crippen molar-refractivity contribution in [2.75, 3.05) is 11.5 Å². The van der Waals surface area contributed by atoms with E-state index in [-0.39, 0.29) is 0 Å². The van der Waals surface area contributed by atoms with Gasteiger partial charge in [0.1, 0.15) is 10.7 Å². The first-order valence-corrected chi connectivity index (χ1v) is 9.48. The van der Waals surface area contributed by atoms with Gasteiger partial charge in [-0.2, -0.15) is 11.8 Å². The normalized spacial score (nSPS) is 18.9. The molecular weight excluding hydrogens is 298 g/mol. The first-order valence-electron chi connectivity index (χ1n) is 7.51. The molecule has 5 heteroatoms. The Bertz CT molecular complexity index is 727. The van der Waals surface area contributed by atoms with Crippen molar-refractivity contribution < 1.29 is 0 Å². The van der Waals surface area contributed by atoms with Gasteiger partial charge < -0.3 is 5.32 Å². The minimum Gasteiger partial charge on any atom is -0.366 e. The number of hydrogen-bond acceptors (Lipinski definition) is 5. The molecule has 0 unspecified atom stereocenters. The first kappa shape index (κ1) is 13.6. The van der Waals surface area contributed by atoms with Crippen molar-refractivity contribution in [3.8, 4) is 0 Å². The fraction of sp³-hybridized carbons (Fsp3) is 0.500. The maximum absolute atomic E-state index is 4.75. The highest BCUT2D eigenvalue weighted by Gasteiger charge is 2.25. The van der Waals surface area contributed by atoms with E-state index in [1.54, 1.807) is 11.3 Å². The largest absolute Gasteiger partial charge is 0.366 e. The molecule has 2 aliphatic heterocycles. The molecule has 110 valence electrons. The van der Waals surface area contributed by atoms with E-state index in [4.69, 9.17) is 9.98 Å². The van der Waals surface area contributed by atoms with Crippen molar-refractivity contribution in [3.63, 3.8) is 0 Å². The topological polar surface area (TPSA) is 37.3 Å². The third-order valence-corrected chi connectivity index (χ3v) is 6.44. The summed E-state index contributed by atoms with van der Waals surface area (Å²) < 4.78 is 0. The van der Waals surface area contributed by atoms with Crippen LogP contribution in [0.2, 0.25) is 0 Å². The lowest BCUT2D eigenvalue weighted by atomic mass is 10.1. The number of thioether (sulfide) groups is 1. The minimum absolute atomic E-state index is 0.594. The van der Waals surface area contributed by atoms with Gasteiger partial charge in [-0.05, 0) is 49.8 Å². The molecule has 0 saturated carbocycles. The molecule has 0 aromatic carbocycles. The smallest absolute Gasteiger partial charge is 0.139 e. The summed E-state index contributed by atoms with van der Waals surface area (Å²) >= 11 is 3.86. The molecule has 4 heterocycles. The van der Waals surface area contributed by atoms with Crippen LogP contribution in [0.25, 0.3) is 10.2 Å². The zero-order valence-electron chi connectivity index (χ0n) is 12.4. The molecule has 0 radical (unpaired) electrons. The summed E-state index contributed by atoms with van der Waals surface area (Å²) in [5.41, 5.74) is 3.82. The Balaban J connectivity index is 1.69. The van der Waals surface area contributed by atoms with Crippen LogP contribution in [0.5, 0.6) is 0 Å². The van der Waals surface area contributed by atoms with Crippen molar-refractivity contribution in [2.24, 2.45) is 4.99 Å². The number of aryl methyl sites for hydroxylation is 2. The van der Waals surface area contributed by atoms with Gasteiger partial charge in [0.2, 0.25) is 0 Å². The number of fused-ring (bicyclic) bond motifs is 3. The average molecular weight is 317 g/mol. The van der Waals surface area contributed by atoms with Gasteiger partial charge >= 0.3 is 0 Å². The van der Waals surface area contributed by atoms with E-state index in [1.165, 1.54) is 50.6 Å². The molecule has 2 aromatic heterocycles. The van der Waals surface area contributed by atoms with E-state index in [0.29, 0.717) is 6.04 Å². The molecule has 2 aromatic rings. The van der Waals surface area contributed by atoms with Crippen LogP contribution >= 0.6 is 23.1 Å². The fourth-order valence-corrected chi connectivity index (χ4v) is 5.62. The van der Waals surface area contributed by atoms with Crippen molar-refractivity contribution in [2.45, 2.75) is 39.3 Å². The van der Waals surface area contributed by atoms with Crippen LogP contribution in [-0.2, 0) is 6.54 Å². The highest BCUT2D eigenvalue weighted by molar-refractivity contribution is 7.99. The van der Waals surface area contributed by atoms with E-state index in [1.807, 2.05) is 0 Å². The van der Waals surface area contributed by atoms with Crippen LogP contribution in [-0.4, -0.2) is 28.4 Å². The predicted molar refractivity (Wildman–Crippen MR) is 92.8 cm³/mol. The van der Waals surface area contributed by atoms with Gasteiger partial charge in [0.25, 0.3) is 0 Å². The van der Waals surface area contributed by atoms with Gasteiger partial charge in [0, 0.05) is 22.7 Å². The van der Waals surface area contributed by atoms with Crippen LogP contribution in [0, 0.1) is 13.8 Å². The maximum atomic E-state index is 4.75. The Morgan fingerprint density at radius 3 is 2.86 bits per heavy atom. The second-order valence-electron chi connectivity index (χ2n) is 5.87. The average Bonchev–Trinajstić information content (AvgIpc) is 2.99. The standard InChI is InChI=1S/C16H19N3S2/c1-9-7-10(2)18-16-13(9)12-8-17-15(14(12)21-16)19-11-3-5-20-6-4-11/h7,11H,3-6,8H2,1-2H3,(H,17,19). The van der Waals surface area contributed by atoms with E-state index in [0.717, 1.165) is 18.1 Å².